The Balaban J connectivity index is 1.32. The molecule has 0 spiro atoms. The smallest absolute Gasteiger partial charge is 0.240 e. The molecule has 1 saturated heterocycles. The van der Waals surface area contributed by atoms with E-state index in [9.17, 15) is 0 Å². The molecule has 34 heavy (non-hydrogen) atoms. The van der Waals surface area contributed by atoms with Gasteiger partial charge in [0.25, 0.3) is 0 Å². The number of ether oxygens (including phenoxy) is 2. The average molecular weight is 457 g/mol. The highest BCUT2D eigenvalue weighted by atomic mass is 16.5. The first-order valence-corrected chi connectivity index (χ1v) is 11.0. The number of nitrogens with zero attached hydrogens (tertiary/aromatic N) is 7. The minimum absolute atomic E-state index is 0.298. The molecule has 1 aliphatic heterocycles. The minimum Gasteiger partial charge on any atom is -0.470 e. The van der Waals surface area contributed by atoms with Crippen molar-refractivity contribution in [1.29, 1.82) is 0 Å². The van der Waals surface area contributed by atoms with E-state index in [4.69, 9.17) is 19.1 Å². The van der Waals surface area contributed by atoms with Crippen LogP contribution in [0.3, 0.4) is 0 Å². The predicted molar refractivity (Wildman–Crippen MR) is 123 cm³/mol. The number of hydrogen-bond donors (Lipinski definition) is 0. The Morgan fingerprint density at radius 2 is 1.91 bits per heavy atom. The molecule has 0 amide bonds. The zero-order chi connectivity index (χ0) is 23.1. The molecule has 1 fully saturated rings. The van der Waals surface area contributed by atoms with E-state index in [1.807, 2.05) is 36.5 Å². The van der Waals surface area contributed by atoms with E-state index in [1.54, 1.807) is 17.7 Å². The second kappa shape index (κ2) is 8.47. The summed E-state index contributed by atoms with van der Waals surface area (Å²) >= 11 is 0. The molecule has 1 aliphatic rings. The Morgan fingerprint density at radius 1 is 1.06 bits per heavy atom. The number of hydrogen-bond acceptors (Lipinski definition) is 9. The number of likely N-dealkylation sites (tertiary alicyclic amines) is 1. The second-order valence-corrected chi connectivity index (χ2v) is 8.51. The largest absolute Gasteiger partial charge is 0.470 e. The number of aromatic nitrogens is 6. The Labute approximate surface area is 195 Å². The van der Waals surface area contributed by atoms with Gasteiger partial charge in [-0.1, -0.05) is 29.4 Å². The summed E-state index contributed by atoms with van der Waals surface area (Å²) in [7, 11) is 3.73. The molecule has 172 valence electrons. The van der Waals surface area contributed by atoms with Crippen LogP contribution in [0.5, 0.6) is 5.88 Å². The summed E-state index contributed by atoms with van der Waals surface area (Å²) in [6.07, 6.45) is 1.95. The molecule has 10 nitrogen and oxygen atoms in total. The number of methoxy groups -OCH3 is 1. The van der Waals surface area contributed by atoms with E-state index in [-0.39, 0.29) is 0 Å². The number of benzene rings is 1. The minimum atomic E-state index is 0.298. The van der Waals surface area contributed by atoms with E-state index in [0.717, 1.165) is 29.6 Å². The van der Waals surface area contributed by atoms with Crippen LogP contribution in [0.15, 0.2) is 53.2 Å². The number of likely N-dealkylation sites (N-methyl/N-ethyl adjacent to an activating group) is 1. The maximum Gasteiger partial charge on any atom is 0.240 e. The fraction of sp³-hybridized carbons (Fsp3) is 0.292. The molecule has 1 aromatic carbocycles. The zero-order valence-corrected chi connectivity index (χ0v) is 18.9. The molecule has 0 unspecified atom stereocenters. The van der Waals surface area contributed by atoms with Crippen LogP contribution in [0.4, 0.5) is 0 Å². The molecule has 0 atom stereocenters. The first kappa shape index (κ1) is 20.7. The summed E-state index contributed by atoms with van der Waals surface area (Å²) in [4.78, 5) is 6.90. The van der Waals surface area contributed by atoms with E-state index in [2.05, 4.69) is 38.4 Å². The Morgan fingerprint density at radius 3 is 2.68 bits per heavy atom. The third kappa shape index (κ3) is 3.66. The van der Waals surface area contributed by atoms with Crippen molar-refractivity contribution in [1.82, 2.24) is 34.9 Å². The third-order valence-electron chi connectivity index (χ3n) is 6.04. The van der Waals surface area contributed by atoms with Crippen LogP contribution in [0, 0.1) is 0 Å². The van der Waals surface area contributed by atoms with Gasteiger partial charge in [0, 0.05) is 49.2 Å². The highest BCUT2D eigenvalue weighted by Gasteiger charge is 2.25. The lowest BCUT2D eigenvalue weighted by atomic mass is 9.93. The highest BCUT2D eigenvalue weighted by molar-refractivity contribution is 5.96. The first-order valence-electron chi connectivity index (χ1n) is 11.0. The van der Waals surface area contributed by atoms with Gasteiger partial charge in [0.1, 0.15) is 13.2 Å². The summed E-state index contributed by atoms with van der Waals surface area (Å²) in [5.41, 5.74) is 3.24. The van der Waals surface area contributed by atoms with Crippen LogP contribution in [0.1, 0.15) is 22.9 Å². The standard InChI is InChI=1S/C24H23N7O3/c1-30-11-16(12-30)15-7-8-17(25-10-15)13-33-24-20-6-4-3-5-19(20)22-26-27-23(31(22)28-24)21-9-18(14-32-2)34-29-21/h3-10,16H,11-14H2,1-2H3. The summed E-state index contributed by atoms with van der Waals surface area (Å²) < 4.78 is 18.2. The first-order chi connectivity index (χ1) is 16.7. The Kier molecular flexibility index (Phi) is 5.16. The van der Waals surface area contributed by atoms with Gasteiger partial charge in [-0.3, -0.25) is 4.98 Å². The lowest BCUT2D eigenvalue weighted by Crippen LogP contribution is -2.41. The molecular weight excluding hydrogens is 434 g/mol. The van der Waals surface area contributed by atoms with Crippen LogP contribution in [0.2, 0.25) is 0 Å². The number of pyridine rings is 1. The van der Waals surface area contributed by atoms with Gasteiger partial charge in [0.15, 0.2) is 17.1 Å². The molecule has 5 heterocycles. The van der Waals surface area contributed by atoms with Crippen molar-refractivity contribution in [2.24, 2.45) is 0 Å². The fourth-order valence-corrected chi connectivity index (χ4v) is 4.26. The van der Waals surface area contributed by atoms with Crippen LogP contribution in [-0.2, 0) is 18.0 Å². The SMILES string of the molecule is COCc1cc(-c2nnc3c4ccccc4c(OCc4ccc(C5CN(C)C5)cn4)nn23)no1. The van der Waals surface area contributed by atoms with Crippen molar-refractivity contribution in [3.05, 3.63) is 65.7 Å². The van der Waals surface area contributed by atoms with E-state index in [0.29, 0.717) is 47.9 Å². The van der Waals surface area contributed by atoms with Crippen LogP contribution >= 0.6 is 0 Å². The summed E-state index contributed by atoms with van der Waals surface area (Å²) in [6.45, 7) is 2.77. The molecule has 0 aliphatic carbocycles. The lowest BCUT2D eigenvalue weighted by Gasteiger charge is -2.36. The maximum atomic E-state index is 6.15. The molecule has 0 saturated carbocycles. The zero-order valence-electron chi connectivity index (χ0n) is 18.9. The number of fused-ring (bicyclic) bond motifs is 3. The molecule has 0 N–H and O–H groups in total. The summed E-state index contributed by atoms with van der Waals surface area (Å²) in [5.74, 6) is 2.09. The molecule has 4 aromatic heterocycles. The lowest BCUT2D eigenvalue weighted by molar-refractivity contribution is 0.156. The predicted octanol–water partition coefficient (Wildman–Crippen LogP) is 3.08. The van der Waals surface area contributed by atoms with Gasteiger partial charge in [-0.15, -0.1) is 15.3 Å². The van der Waals surface area contributed by atoms with Gasteiger partial charge >= 0.3 is 0 Å². The maximum absolute atomic E-state index is 6.15. The van der Waals surface area contributed by atoms with E-state index in [1.165, 1.54) is 5.56 Å². The van der Waals surface area contributed by atoms with Crippen molar-refractivity contribution in [2.75, 3.05) is 27.2 Å². The summed E-state index contributed by atoms with van der Waals surface area (Å²) in [5, 5.41) is 19.2. The van der Waals surface area contributed by atoms with Gasteiger partial charge in [-0.2, -0.15) is 4.52 Å². The van der Waals surface area contributed by atoms with Gasteiger partial charge < -0.3 is 18.9 Å². The molecule has 0 bridgehead atoms. The normalized spacial score (nSPS) is 14.6. The highest BCUT2D eigenvalue weighted by Crippen LogP contribution is 2.29. The van der Waals surface area contributed by atoms with Gasteiger partial charge in [0.2, 0.25) is 11.7 Å². The van der Waals surface area contributed by atoms with Gasteiger partial charge in [-0.25, -0.2) is 0 Å². The van der Waals surface area contributed by atoms with Crippen molar-refractivity contribution in [2.45, 2.75) is 19.1 Å². The molecule has 0 radical (unpaired) electrons. The van der Waals surface area contributed by atoms with Crippen LogP contribution < -0.4 is 4.74 Å². The Bertz CT molecular complexity index is 1460. The Hall–Kier alpha value is -3.89. The van der Waals surface area contributed by atoms with Crippen molar-refractivity contribution < 1.29 is 14.0 Å². The average Bonchev–Trinajstić information content (AvgIpc) is 3.48. The monoisotopic (exact) mass is 457 g/mol. The second-order valence-electron chi connectivity index (χ2n) is 8.51. The third-order valence-corrected chi connectivity index (χ3v) is 6.04. The molecule has 6 rings (SSSR count). The van der Waals surface area contributed by atoms with Crippen molar-refractivity contribution in [3.63, 3.8) is 0 Å². The molecule has 10 heteroatoms. The molecular formula is C24H23N7O3. The number of rotatable bonds is 7. The van der Waals surface area contributed by atoms with Crippen LogP contribution in [0.25, 0.3) is 27.9 Å². The topological polar surface area (TPSA) is 104 Å². The fourth-order valence-electron chi connectivity index (χ4n) is 4.26. The van der Waals surface area contributed by atoms with Gasteiger partial charge in [0.05, 0.1) is 5.69 Å². The van der Waals surface area contributed by atoms with Crippen LogP contribution in [-0.4, -0.2) is 62.1 Å². The quantitative estimate of drug-likeness (QED) is 0.365. The van der Waals surface area contributed by atoms with Crippen molar-refractivity contribution >= 4 is 16.4 Å². The molecule has 5 aromatic rings. The summed E-state index contributed by atoms with van der Waals surface area (Å²) in [6, 6.07) is 13.8. The van der Waals surface area contributed by atoms with Crippen molar-refractivity contribution in [3.8, 4) is 17.4 Å². The van der Waals surface area contributed by atoms with E-state index >= 15 is 0 Å². The van der Waals surface area contributed by atoms with Gasteiger partial charge in [-0.05, 0) is 24.7 Å². The van der Waals surface area contributed by atoms with E-state index < -0.39 is 0 Å².